The summed E-state index contributed by atoms with van der Waals surface area (Å²) in [5, 5.41) is 5.81. The number of thioether (sulfide) groups is 2. The van der Waals surface area contributed by atoms with Gasteiger partial charge in [-0.2, -0.15) is 0 Å². The molecule has 0 saturated carbocycles. The van der Waals surface area contributed by atoms with Crippen molar-refractivity contribution in [2.24, 2.45) is 0 Å². The number of fused-ring (bicyclic) bond motifs is 3. The number of hydrogen-bond acceptors (Lipinski definition) is 7. The first kappa shape index (κ1) is 19.7. The zero-order chi connectivity index (χ0) is 19.7. The van der Waals surface area contributed by atoms with E-state index in [2.05, 4.69) is 17.3 Å². The number of likely N-dealkylation sites (N-methyl/N-ethyl adjacent to an activating group) is 1. The van der Waals surface area contributed by atoms with Crippen molar-refractivity contribution in [2.45, 2.75) is 30.1 Å². The first-order valence-electron chi connectivity index (χ1n) is 9.07. The maximum Gasteiger partial charge on any atom is 0.234 e. The van der Waals surface area contributed by atoms with E-state index >= 15 is 0 Å². The number of aromatic nitrogens is 2. The van der Waals surface area contributed by atoms with Crippen LogP contribution in [0, 0.1) is 6.92 Å². The van der Waals surface area contributed by atoms with Crippen LogP contribution in [0.3, 0.4) is 0 Å². The number of carbonyl (C=O) groups excluding carboxylic acids is 1. The summed E-state index contributed by atoms with van der Waals surface area (Å²) in [4.78, 5) is 26.7. The van der Waals surface area contributed by atoms with Crippen molar-refractivity contribution >= 4 is 56.7 Å². The summed E-state index contributed by atoms with van der Waals surface area (Å²) in [5.74, 6) is 0.313. The molecule has 3 aromatic rings. The normalized spacial score (nSPS) is 14.2. The molecule has 1 N–H and O–H groups in total. The molecule has 0 saturated heterocycles. The van der Waals surface area contributed by atoms with E-state index in [1.165, 1.54) is 27.8 Å². The third-order valence-electron chi connectivity index (χ3n) is 4.70. The van der Waals surface area contributed by atoms with Gasteiger partial charge >= 0.3 is 0 Å². The van der Waals surface area contributed by atoms with Gasteiger partial charge in [0, 0.05) is 29.0 Å². The molecule has 146 valence electrons. The van der Waals surface area contributed by atoms with Crippen LogP contribution in [0.1, 0.15) is 16.0 Å². The number of nitrogens with zero attached hydrogens (tertiary/aromatic N) is 3. The van der Waals surface area contributed by atoms with Crippen LogP contribution in [0.5, 0.6) is 0 Å². The van der Waals surface area contributed by atoms with Crippen molar-refractivity contribution in [1.82, 2.24) is 14.9 Å². The quantitative estimate of drug-likeness (QED) is 0.367. The summed E-state index contributed by atoms with van der Waals surface area (Å²) in [7, 11) is 2.15. The van der Waals surface area contributed by atoms with Crippen molar-refractivity contribution in [3.05, 3.63) is 40.3 Å². The van der Waals surface area contributed by atoms with Gasteiger partial charge in [-0.3, -0.25) is 4.79 Å². The number of thiophene rings is 1. The highest BCUT2D eigenvalue weighted by Gasteiger charge is 2.23. The Labute approximate surface area is 177 Å². The molecule has 0 spiro atoms. The average Bonchev–Trinajstić information content (AvgIpc) is 3.05. The van der Waals surface area contributed by atoms with Crippen LogP contribution in [-0.2, 0) is 17.8 Å². The van der Waals surface area contributed by atoms with Crippen LogP contribution in [0.4, 0.5) is 5.69 Å². The Kier molecular flexibility index (Phi) is 5.91. The highest BCUT2D eigenvalue weighted by molar-refractivity contribution is 8.00. The first-order chi connectivity index (χ1) is 13.5. The summed E-state index contributed by atoms with van der Waals surface area (Å²) in [6, 6.07) is 7.85. The lowest BCUT2D eigenvalue weighted by Gasteiger charge is -2.22. The fourth-order valence-corrected chi connectivity index (χ4v) is 5.93. The Balaban J connectivity index is 1.57. The Morgan fingerprint density at radius 3 is 2.82 bits per heavy atom. The van der Waals surface area contributed by atoms with Crippen molar-refractivity contribution in [2.75, 3.05) is 30.9 Å². The summed E-state index contributed by atoms with van der Waals surface area (Å²) in [6.45, 7) is 4.04. The molecule has 3 heterocycles. The number of anilines is 1. The molecule has 8 heteroatoms. The van der Waals surface area contributed by atoms with Gasteiger partial charge in [0.05, 0.1) is 5.75 Å². The van der Waals surface area contributed by atoms with Crippen LogP contribution < -0.4 is 5.32 Å². The first-order valence-corrected chi connectivity index (χ1v) is 12.1. The highest BCUT2D eigenvalue weighted by Crippen LogP contribution is 2.39. The molecule has 0 unspecified atom stereocenters. The molecule has 0 fully saturated rings. The van der Waals surface area contributed by atoms with E-state index in [4.69, 9.17) is 9.97 Å². The van der Waals surface area contributed by atoms with Crippen molar-refractivity contribution in [1.29, 1.82) is 0 Å². The number of nitrogens with one attached hydrogen (secondary N) is 1. The van der Waals surface area contributed by atoms with Gasteiger partial charge in [-0.05, 0) is 44.3 Å². The molecule has 1 amide bonds. The number of benzene rings is 1. The third-order valence-corrected chi connectivity index (χ3v) is 7.33. The van der Waals surface area contributed by atoms with Gasteiger partial charge in [-0.1, -0.05) is 41.2 Å². The maximum absolute atomic E-state index is 12.4. The predicted octanol–water partition coefficient (Wildman–Crippen LogP) is 4.44. The number of carbonyl (C=O) groups is 1. The van der Waals surface area contributed by atoms with Gasteiger partial charge in [-0.15, -0.1) is 11.3 Å². The molecule has 0 radical (unpaired) electrons. The van der Waals surface area contributed by atoms with Gasteiger partial charge in [-0.25, -0.2) is 9.97 Å². The lowest BCUT2D eigenvalue weighted by Crippen LogP contribution is -2.25. The molecular weight excluding hydrogens is 408 g/mol. The minimum atomic E-state index is -0.0184. The minimum Gasteiger partial charge on any atom is -0.325 e. The molecule has 2 aromatic heterocycles. The summed E-state index contributed by atoms with van der Waals surface area (Å²) in [6.07, 6.45) is 3.00. The Morgan fingerprint density at radius 2 is 2.07 bits per heavy atom. The SMILES string of the molecule is CSc1nc(SCC(=O)Nc2ccc(C)cc2)c2c3c(sc2n1)CN(C)CC3. The average molecular weight is 431 g/mol. The molecule has 28 heavy (non-hydrogen) atoms. The van der Waals surface area contributed by atoms with Gasteiger partial charge in [0.25, 0.3) is 0 Å². The van der Waals surface area contributed by atoms with Gasteiger partial charge in [0.1, 0.15) is 9.86 Å². The second kappa shape index (κ2) is 8.41. The maximum atomic E-state index is 12.4. The van der Waals surface area contributed by atoms with Gasteiger partial charge < -0.3 is 10.2 Å². The molecule has 0 aliphatic carbocycles. The van der Waals surface area contributed by atoms with Crippen LogP contribution >= 0.6 is 34.9 Å². The molecule has 4 rings (SSSR count). The molecule has 1 aromatic carbocycles. The van der Waals surface area contributed by atoms with Gasteiger partial charge in [0.15, 0.2) is 5.16 Å². The fraction of sp³-hybridized carbons (Fsp3) is 0.350. The summed E-state index contributed by atoms with van der Waals surface area (Å²) < 4.78 is 0. The zero-order valence-electron chi connectivity index (χ0n) is 16.1. The Bertz CT molecular complexity index is 1020. The topological polar surface area (TPSA) is 58.1 Å². The number of hydrogen-bond donors (Lipinski definition) is 1. The smallest absolute Gasteiger partial charge is 0.234 e. The van der Waals surface area contributed by atoms with E-state index in [0.29, 0.717) is 5.75 Å². The molecule has 0 atom stereocenters. The monoisotopic (exact) mass is 430 g/mol. The highest BCUT2D eigenvalue weighted by atomic mass is 32.2. The second-order valence-electron chi connectivity index (χ2n) is 6.89. The Morgan fingerprint density at radius 1 is 1.29 bits per heavy atom. The second-order valence-corrected chi connectivity index (χ2v) is 9.71. The van der Waals surface area contributed by atoms with Crippen LogP contribution in [0.2, 0.25) is 0 Å². The molecule has 1 aliphatic rings. The Hall–Kier alpha value is -1.61. The lowest BCUT2D eigenvalue weighted by molar-refractivity contribution is -0.113. The van der Waals surface area contributed by atoms with E-state index in [-0.39, 0.29) is 5.91 Å². The summed E-state index contributed by atoms with van der Waals surface area (Å²) >= 11 is 4.81. The van der Waals surface area contributed by atoms with E-state index in [9.17, 15) is 4.79 Å². The predicted molar refractivity (Wildman–Crippen MR) is 120 cm³/mol. The van der Waals surface area contributed by atoms with E-state index in [1.54, 1.807) is 23.1 Å². The van der Waals surface area contributed by atoms with Gasteiger partial charge in [0.2, 0.25) is 5.91 Å². The van der Waals surface area contributed by atoms with Crippen LogP contribution in [0.25, 0.3) is 10.2 Å². The minimum absolute atomic E-state index is 0.0184. The molecule has 0 bridgehead atoms. The molecular formula is C20H22N4OS3. The number of amides is 1. The lowest BCUT2D eigenvalue weighted by atomic mass is 10.1. The molecule has 1 aliphatic heterocycles. The van der Waals surface area contributed by atoms with E-state index in [1.807, 2.05) is 37.4 Å². The largest absolute Gasteiger partial charge is 0.325 e. The standard InChI is InChI=1S/C20H22N4OS3/c1-12-4-6-13(7-5-12)21-16(25)11-27-18-17-14-8-9-24(2)10-15(14)28-19(17)23-20(22-18)26-3/h4-7H,8-11H2,1-3H3,(H,21,25). The number of rotatable bonds is 5. The number of aryl methyl sites for hydroxylation is 1. The fourth-order valence-electron chi connectivity index (χ4n) is 3.23. The van der Waals surface area contributed by atoms with Crippen LogP contribution in [0.15, 0.2) is 34.4 Å². The van der Waals surface area contributed by atoms with Crippen molar-refractivity contribution < 1.29 is 4.79 Å². The van der Waals surface area contributed by atoms with Crippen molar-refractivity contribution in [3.8, 4) is 0 Å². The van der Waals surface area contributed by atoms with E-state index < -0.39 is 0 Å². The summed E-state index contributed by atoms with van der Waals surface area (Å²) in [5.41, 5.74) is 3.37. The van der Waals surface area contributed by atoms with E-state index in [0.717, 1.165) is 45.6 Å². The van der Waals surface area contributed by atoms with Crippen LogP contribution in [-0.4, -0.2) is 46.4 Å². The molecule has 5 nitrogen and oxygen atoms in total. The zero-order valence-corrected chi connectivity index (χ0v) is 18.6. The van der Waals surface area contributed by atoms with Crippen molar-refractivity contribution in [3.63, 3.8) is 0 Å². The third kappa shape index (κ3) is 4.20.